The number of benzene rings is 1. The zero-order valence-corrected chi connectivity index (χ0v) is 14.6. The number of imidazole rings is 1. The Labute approximate surface area is 149 Å². The van der Waals surface area contributed by atoms with Gasteiger partial charge in [-0.05, 0) is 18.2 Å². The Balaban J connectivity index is 1.64. The minimum absolute atomic E-state index is 0.0462. The number of rotatable bonds is 3. The van der Waals surface area contributed by atoms with Crippen LogP contribution >= 0.6 is 0 Å². The summed E-state index contributed by atoms with van der Waals surface area (Å²) < 4.78 is 25.1. The van der Waals surface area contributed by atoms with Gasteiger partial charge in [0.2, 0.25) is 0 Å². The number of hydrogen-bond acceptors (Lipinski definition) is 6. The molecule has 0 N–H and O–H groups in total. The molecule has 26 heavy (non-hydrogen) atoms. The molecule has 4 rings (SSSR count). The van der Waals surface area contributed by atoms with Crippen LogP contribution in [-0.2, 0) is 9.84 Å². The maximum atomic E-state index is 11.6. The number of nitro groups is 1. The minimum atomic E-state index is -2.92. The summed E-state index contributed by atoms with van der Waals surface area (Å²) in [6.45, 7) is 0.961. The molecule has 1 fully saturated rings. The molecule has 8 nitrogen and oxygen atoms in total. The molecule has 9 heteroatoms. The van der Waals surface area contributed by atoms with Crippen molar-refractivity contribution in [3.8, 4) is 11.3 Å². The van der Waals surface area contributed by atoms with E-state index < -0.39 is 14.8 Å². The van der Waals surface area contributed by atoms with Crippen LogP contribution in [-0.4, -0.2) is 47.3 Å². The van der Waals surface area contributed by atoms with Crippen molar-refractivity contribution in [2.45, 2.75) is 0 Å². The van der Waals surface area contributed by atoms with E-state index in [4.69, 9.17) is 0 Å². The number of nitro benzene ring substituents is 1. The molecular formula is C17H16N4O4S. The molecule has 2 aromatic heterocycles. The zero-order valence-electron chi connectivity index (χ0n) is 13.8. The molecule has 0 spiro atoms. The number of hydrogen-bond donors (Lipinski definition) is 0. The van der Waals surface area contributed by atoms with E-state index in [1.807, 2.05) is 27.6 Å². The number of non-ortho nitro benzene ring substituents is 1. The van der Waals surface area contributed by atoms with Gasteiger partial charge in [0, 0.05) is 48.7 Å². The van der Waals surface area contributed by atoms with Gasteiger partial charge in [-0.15, -0.1) is 0 Å². The fourth-order valence-electron chi connectivity index (χ4n) is 3.10. The molecule has 3 aromatic rings. The Morgan fingerprint density at radius 1 is 1.08 bits per heavy atom. The molecule has 3 heterocycles. The van der Waals surface area contributed by atoms with Crippen LogP contribution in [0.4, 0.5) is 11.4 Å². The van der Waals surface area contributed by atoms with E-state index in [1.165, 1.54) is 12.1 Å². The standard InChI is InChI=1S/C17H16N4O4S/c22-21(23)14-3-1-13(2-4-14)16-12-18-17-11-15(5-6-20(16)17)19-7-9-26(24,25)10-8-19/h1-6,11-12H,7-10H2. The monoisotopic (exact) mass is 372 g/mol. The molecule has 0 bridgehead atoms. The Bertz CT molecular complexity index is 1080. The third kappa shape index (κ3) is 3.01. The quantitative estimate of drug-likeness (QED) is 0.516. The predicted octanol–water partition coefficient (Wildman–Crippen LogP) is 2.14. The molecule has 0 atom stereocenters. The summed E-state index contributed by atoms with van der Waals surface area (Å²) in [5.41, 5.74) is 3.39. The molecule has 1 aliphatic heterocycles. The molecule has 0 unspecified atom stereocenters. The van der Waals surface area contributed by atoms with Crippen molar-refractivity contribution in [2.75, 3.05) is 29.5 Å². The van der Waals surface area contributed by atoms with E-state index in [-0.39, 0.29) is 17.2 Å². The molecule has 0 amide bonds. The van der Waals surface area contributed by atoms with E-state index in [2.05, 4.69) is 4.98 Å². The first-order valence-electron chi connectivity index (χ1n) is 8.10. The van der Waals surface area contributed by atoms with Crippen molar-refractivity contribution in [1.82, 2.24) is 9.38 Å². The lowest BCUT2D eigenvalue weighted by atomic mass is 10.1. The van der Waals surface area contributed by atoms with Gasteiger partial charge in [-0.3, -0.25) is 14.5 Å². The number of nitrogens with zero attached hydrogens (tertiary/aromatic N) is 4. The summed E-state index contributed by atoms with van der Waals surface area (Å²) >= 11 is 0. The van der Waals surface area contributed by atoms with E-state index in [9.17, 15) is 18.5 Å². The van der Waals surface area contributed by atoms with Gasteiger partial charge >= 0.3 is 0 Å². The van der Waals surface area contributed by atoms with Gasteiger partial charge < -0.3 is 4.90 Å². The minimum Gasteiger partial charge on any atom is -0.369 e. The molecule has 134 valence electrons. The highest BCUT2D eigenvalue weighted by molar-refractivity contribution is 7.91. The van der Waals surface area contributed by atoms with E-state index >= 15 is 0 Å². The van der Waals surface area contributed by atoms with Gasteiger partial charge in [-0.1, -0.05) is 0 Å². The normalized spacial score (nSPS) is 16.7. The van der Waals surface area contributed by atoms with Crippen LogP contribution in [0.2, 0.25) is 0 Å². The van der Waals surface area contributed by atoms with Crippen LogP contribution in [0.5, 0.6) is 0 Å². The lowest BCUT2D eigenvalue weighted by Crippen LogP contribution is -2.40. The third-order valence-electron chi connectivity index (χ3n) is 4.58. The number of fused-ring (bicyclic) bond motifs is 1. The maximum absolute atomic E-state index is 11.6. The maximum Gasteiger partial charge on any atom is 0.269 e. The summed E-state index contributed by atoms with van der Waals surface area (Å²) in [7, 11) is -2.92. The van der Waals surface area contributed by atoms with Crippen molar-refractivity contribution in [3.63, 3.8) is 0 Å². The van der Waals surface area contributed by atoms with Crippen LogP contribution in [0.15, 0.2) is 48.8 Å². The van der Waals surface area contributed by atoms with Crippen LogP contribution in [0.3, 0.4) is 0 Å². The first-order chi connectivity index (χ1) is 12.4. The largest absolute Gasteiger partial charge is 0.369 e. The molecular weight excluding hydrogens is 356 g/mol. The fourth-order valence-corrected chi connectivity index (χ4v) is 4.31. The second-order valence-corrected chi connectivity index (χ2v) is 8.50. The Morgan fingerprint density at radius 2 is 1.77 bits per heavy atom. The topological polar surface area (TPSA) is 97.8 Å². The average Bonchev–Trinajstić information content (AvgIpc) is 3.05. The van der Waals surface area contributed by atoms with E-state index in [0.717, 1.165) is 22.6 Å². The summed E-state index contributed by atoms with van der Waals surface area (Å²) in [5.74, 6) is 0.335. The molecule has 0 aliphatic carbocycles. The van der Waals surface area contributed by atoms with Crippen LogP contribution in [0.1, 0.15) is 0 Å². The van der Waals surface area contributed by atoms with E-state index in [1.54, 1.807) is 18.3 Å². The van der Waals surface area contributed by atoms with Crippen molar-refractivity contribution >= 4 is 26.9 Å². The number of anilines is 1. The van der Waals surface area contributed by atoms with Crippen molar-refractivity contribution in [3.05, 3.63) is 58.9 Å². The molecule has 1 aromatic carbocycles. The third-order valence-corrected chi connectivity index (χ3v) is 6.19. The molecule has 1 aliphatic rings. The van der Waals surface area contributed by atoms with Crippen LogP contribution < -0.4 is 4.90 Å². The van der Waals surface area contributed by atoms with Gasteiger partial charge in [0.25, 0.3) is 5.69 Å². The highest BCUT2D eigenvalue weighted by atomic mass is 32.2. The van der Waals surface area contributed by atoms with Gasteiger partial charge in [0.15, 0.2) is 9.84 Å². The van der Waals surface area contributed by atoms with E-state index in [0.29, 0.717) is 13.1 Å². The van der Waals surface area contributed by atoms with Crippen LogP contribution in [0, 0.1) is 10.1 Å². The van der Waals surface area contributed by atoms with Crippen molar-refractivity contribution in [2.24, 2.45) is 0 Å². The molecule has 0 radical (unpaired) electrons. The lowest BCUT2D eigenvalue weighted by molar-refractivity contribution is -0.384. The van der Waals surface area contributed by atoms with Gasteiger partial charge in [0.1, 0.15) is 5.65 Å². The summed E-state index contributed by atoms with van der Waals surface area (Å²) in [6.07, 6.45) is 3.61. The second kappa shape index (κ2) is 6.10. The molecule has 1 saturated heterocycles. The lowest BCUT2D eigenvalue weighted by Gasteiger charge is -2.28. The van der Waals surface area contributed by atoms with Gasteiger partial charge in [-0.2, -0.15) is 0 Å². The highest BCUT2D eigenvalue weighted by Crippen LogP contribution is 2.26. The Kier molecular flexibility index (Phi) is 3.87. The summed E-state index contributed by atoms with van der Waals surface area (Å²) in [6, 6.07) is 10.2. The number of aromatic nitrogens is 2. The number of pyridine rings is 1. The molecule has 0 saturated carbocycles. The van der Waals surface area contributed by atoms with Crippen molar-refractivity contribution < 1.29 is 13.3 Å². The predicted molar refractivity (Wildman–Crippen MR) is 98.1 cm³/mol. The SMILES string of the molecule is O=[N+]([O-])c1ccc(-c2cnc3cc(N4CCS(=O)(=O)CC4)ccn23)cc1. The van der Waals surface area contributed by atoms with Gasteiger partial charge in [-0.25, -0.2) is 13.4 Å². The summed E-state index contributed by atoms with van der Waals surface area (Å²) in [4.78, 5) is 16.8. The van der Waals surface area contributed by atoms with Gasteiger partial charge in [0.05, 0.1) is 28.3 Å². The zero-order chi connectivity index (χ0) is 18.3. The first kappa shape index (κ1) is 16.5. The fraction of sp³-hybridized carbons (Fsp3) is 0.235. The Hall–Kier alpha value is -2.94. The summed E-state index contributed by atoms with van der Waals surface area (Å²) in [5, 5.41) is 10.8. The van der Waals surface area contributed by atoms with Crippen LogP contribution in [0.25, 0.3) is 16.9 Å². The smallest absolute Gasteiger partial charge is 0.269 e. The average molecular weight is 372 g/mol. The second-order valence-electron chi connectivity index (χ2n) is 6.20. The number of sulfone groups is 1. The van der Waals surface area contributed by atoms with Crippen molar-refractivity contribution in [1.29, 1.82) is 0 Å². The Morgan fingerprint density at radius 3 is 2.42 bits per heavy atom. The highest BCUT2D eigenvalue weighted by Gasteiger charge is 2.22. The first-order valence-corrected chi connectivity index (χ1v) is 9.92.